The molecule has 0 aliphatic carbocycles. The number of ether oxygens (including phenoxy) is 8. The summed E-state index contributed by atoms with van der Waals surface area (Å²) in [4.78, 5) is 0. The Bertz CT molecular complexity index is 134. The zero-order valence-corrected chi connectivity index (χ0v) is 15.1. The number of hydrogen-bond donors (Lipinski definition) is 0. The largest absolute Gasteiger partial charge is 0.412 e. The van der Waals surface area contributed by atoms with Crippen LogP contribution in [0.4, 0.5) is 0 Å². The second-order valence-corrected chi connectivity index (χ2v) is 4.90. The summed E-state index contributed by atoms with van der Waals surface area (Å²) in [5.74, 6) is 0. The van der Waals surface area contributed by atoms with Crippen molar-refractivity contribution in [1.82, 2.24) is 0 Å². The van der Waals surface area contributed by atoms with Crippen molar-refractivity contribution >= 4 is 0 Å². The maximum Gasteiger partial charge on any atom is 0.0701 e. The molecule has 0 atom stereocenters. The zero-order chi connectivity index (χ0) is 17.0. The molecule has 0 aromatic heterocycles. The zero-order valence-electron chi connectivity index (χ0n) is 15.1. The second-order valence-electron chi connectivity index (χ2n) is 4.90. The van der Waals surface area contributed by atoms with Crippen molar-refractivity contribution < 1.29 is 43.4 Å². The summed E-state index contributed by atoms with van der Waals surface area (Å²) < 4.78 is 39.6. The van der Waals surface area contributed by atoms with Crippen LogP contribution in [0.15, 0.2) is 0 Å². The number of hydrogen-bond acceptors (Lipinski definition) is 8. The highest BCUT2D eigenvalue weighted by Crippen LogP contribution is 1.86. The maximum absolute atomic E-state index is 4.94. The molecule has 0 radical (unpaired) electrons. The van der Waals surface area contributed by atoms with Gasteiger partial charge in [0.25, 0.3) is 0 Å². The average Bonchev–Trinajstić information content (AvgIpc) is 2.75. The van der Waals surface area contributed by atoms with Crippen LogP contribution in [0.3, 0.4) is 0 Å². The summed E-state index contributed by atoms with van der Waals surface area (Å²) in [7, 11) is 0. The summed E-state index contributed by atoms with van der Waals surface area (Å²) in [6, 6.07) is 0. The van der Waals surface area contributed by atoms with Crippen LogP contribution in [0, 0.1) is 0 Å². The van der Waals surface area contributed by atoms with Crippen LogP contribution < -0.4 is 0 Å². The maximum atomic E-state index is 4.94. The summed E-state index contributed by atoms with van der Waals surface area (Å²) >= 11 is 0. The van der Waals surface area contributed by atoms with Crippen molar-refractivity contribution in [3.63, 3.8) is 0 Å². The molecule has 4 aliphatic heterocycles. The highest BCUT2D eigenvalue weighted by molar-refractivity contribution is 4.38. The lowest BCUT2D eigenvalue weighted by Crippen LogP contribution is -2.16. The molecule has 0 aromatic carbocycles. The Morgan fingerprint density at radius 1 is 0.200 bits per heavy atom. The van der Waals surface area contributed by atoms with Crippen molar-refractivity contribution in [2.45, 2.75) is 0 Å². The van der Waals surface area contributed by atoms with Crippen molar-refractivity contribution in [3.8, 4) is 0 Å². The summed E-state index contributed by atoms with van der Waals surface area (Å²) in [5, 5.41) is 0. The van der Waals surface area contributed by atoms with Crippen molar-refractivity contribution in [1.29, 1.82) is 0 Å². The molecule has 4 saturated heterocycles. The van der Waals surface area contributed by atoms with Gasteiger partial charge >= 0.3 is 0 Å². The van der Waals surface area contributed by atoms with E-state index in [-0.39, 0.29) is 5.48 Å². The minimum atomic E-state index is 0. The highest BCUT2D eigenvalue weighted by Gasteiger charge is 1.96. The topological polar surface area (TPSA) is 105 Å². The minimum absolute atomic E-state index is 0. The van der Waals surface area contributed by atoms with Crippen molar-refractivity contribution in [3.05, 3.63) is 0 Å². The van der Waals surface area contributed by atoms with E-state index in [1.54, 1.807) is 0 Å². The molecule has 9 heteroatoms. The minimum Gasteiger partial charge on any atom is -0.412 e. The molecular formula is C16H34O9. The third-order valence-corrected chi connectivity index (χ3v) is 2.98. The van der Waals surface area contributed by atoms with Gasteiger partial charge in [0.15, 0.2) is 0 Å². The fourth-order valence-corrected chi connectivity index (χ4v) is 1.76. The van der Waals surface area contributed by atoms with Gasteiger partial charge in [-0.25, -0.2) is 0 Å². The van der Waals surface area contributed by atoms with Crippen molar-refractivity contribution in [2.24, 2.45) is 0 Å². The predicted molar refractivity (Wildman–Crippen MR) is 90.2 cm³/mol. The first-order valence-corrected chi connectivity index (χ1v) is 8.62. The monoisotopic (exact) mass is 370 g/mol. The Morgan fingerprint density at radius 3 is 0.320 bits per heavy atom. The summed E-state index contributed by atoms with van der Waals surface area (Å²) in [6.07, 6.45) is 0. The molecule has 0 bridgehead atoms. The van der Waals surface area contributed by atoms with E-state index in [1.165, 1.54) is 0 Å². The molecule has 0 spiro atoms. The molecule has 25 heavy (non-hydrogen) atoms. The lowest BCUT2D eigenvalue weighted by Gasteiger charge is -2.09. The van der Waals surface area contributed by atoms with E-state index in [2.05, 4.69) is 0 Å². The fourth-order valence-electron chi connectivity index (χ4n) is 1.76. The van der Waals surface area contributed by atoms with Gasteiger partial charge in [0.2, 0.25) is 0 Å². The molecule has 2 N–H and O–H groups in total. The van der Waals surface area contributed by atoms with Gasteiger partial charge in [-0.1, -0.05) is 0 Å². The Kier molecular flexibility index (Phi) is 21.4. The highest BCUT2D eigenvalue weighted by atomic mass is 16.6. The van der Waals surface area contributed by atoms with Gasteiger partial charge in [-0.15, -0.1) is 0 Å². The first-order chi connectivity index (χ1) is 12.0. The van der Waals surface area contributed by atoms with E-state index in [1.807, 2.05) is 0 Å². The molecule has 0 aromatic rings. The summed E-state index contributed by atoms with van der Waals surface area (Å²) in [6.45, 7) is 12.4. The Balaban J connectivity index is 0.000000303. The van der Waals surface area contributed by atoms with E-state index >= 15 is 0 Å². The number of rotatable bonds is 0. The van der Waals surface area contributed by atoms with Gasteiger partial charge in [-0.05, 0) is 0 Å². The third kappa shape index (κ3) is 19.8. The van der Waals surface area contributed by atoms with Crippen LogP contribution in [0.2, 0.25) is 0 Å². The molecule has 4 aliphatic rings. The van der Waals surface area contributed by atoms with Crippen LogP contribution in [0.5, 0.6) is 0 Å². The van der Waals surface area contributed by atoms with Crippen LogP contribution in [0.25, 0.3) is 0 Å². The standard InChI is InChI=1S/4C4H8O2.H2O/c4*1-2-6-4-3-5-1;/h4*1-4H2;1H2. The Hall–Kier alpha value is -0.360. The van der Waals surface area contributed by atoms with Gasteiger partial charge < -0.3 is 43.4 Å². The fraction of sp³-hybridized carbons (Fsp3) is 1.00. The molecule has 9 nitrogen and oxygen atoms in total. The molecule has 0 unspecified atom stereocenters. The lowest BCUT2D eigenvalue weighted by atomic mass is 10.6. The molecule has 4 heterocycles. The van der Waals surface area contributed by atoms with E-state index in [9.17, 15) is 0 Å². The van der Waals surface area contributed by atoms with Gasteiger partial charge in [-0.3, -0.25) is 0 Å². The van der Waals surface area contributed by atoms with Crippen LogP contribution in [-0.4, -0.2) is 111 Å². The normalized spacial score (nSPS) is 23.0. The summed E-state index contributed by atoms with van der Waals surface area (Å²) in [5.41, 5.74) is 0. The lowest BCUT2D eigenvalue weighted by molar-refractivity contribution is -0.0334. The van der Waals surface area contributed by atoms with E-state index < -0.39 is 0 Å². The quantitative estimate of drug-likeness (QED) is 0.552. The van der Waals surface area contributed by atoms with Gasteiger partial charge in [0.1, 0.15) is 0 Å². The van der Waals surface area contributed by atoms with Crippen LogP contribution in [-0.2, 0) is 37.9 Å². The van der Waals surface area contributed by atoms with E-state index in [0.717, 1.165) is 106 Å². The molecule has 152 valence electrons. The first-order valence-electron chi connectivity index (χ1n) is 8.62. The molecular weight excluding hydrogens is 336 g/mol. The molecule has 0 amide bonds. The Morgan fingerprint density at radius 2 is 0.280 bits per heavy atom. The van der Waals surface area contributed by atoms with E-state index in [0.29, 0.717) is 0 Å². The molecule has 4 rings (SSSR count). The van der Waals surface area contributed by atoms with Crippen LogP contribution >= 0.6 is 0 Å². The van der Waals surface area contributed by atoms with E-state index in [4.69, 9.17) is 37.9 Å². The smallest absolute Gasteiger partial charge is 0.0701 e. The molecule has 4 fully saturated rings. The van der Waals surface area contributed by atoms with Gasteiger partial charge in [0.05, 0.1) is 106 Å². The molecule has 0 saturated carbocycles. The average molecular weight is 370 g/mol. The van der Waals surface area contributed by atoms with Crippen molar-refractivity contribution in [2.75, 3.05) is 106 Å². The first kappa shape index (κ1) is 24.6. The van der Waals surface area contributed by atoms with Crippen LogP contribution in [0.1, 0.15) is 0 Å². The Labute approximate surface area is 150 Å². The predicted octanol–water partition coefficient (Wildman–Crippen LogP) is -0.692. The van der Waals surface area contributed by atoms with Gasteiger partial charge in [0, 0.05) is 0 Å². The SMILES string of the molecule is C1COCCO1.C1COCCO1.C1COCCO1.C1COCCO1.O. The van der Waals surface area contributed by atoms with Gasteiger partial charge in [-0.2, -0.15) is 0 Å². The second kappa shape index (κ2) is 21.7. The third-order valence-electron chi connectivity index (χ3n) is 2.98.